The SMILES string of the molecule is C=CCN(C)c1cnc(C(=O)OC)cn1. The largest absolute Gasteiger partial charge is 0.464 e. The van der Waals surface area contributed by atoms with Crippen molar-refractivity contribution in [1.29, 1.82) is 0 Å². The van der Waals surface area contributed by atoms with Gasteiger partial charge in [0.1, 0.15) is 5.82 Å². The van der Waals surface area contributed by atoms with Crippen LogP contribution in [0.15, 0.2) is 25.0 Å². The van der Waals surface area contributed by atoms with Gasteiger partial charge in [0.15, 0.2) is 5.69 Å². The molecule has 0 fully saturated rings. The molecule has 1 heterocycles. The van der Waals surface area contributed by atoms with Crippen molar-refractivity contribution in [2.75, 3.05) is 25.6 Å². The van der Waals surface area contributed by atoms with E-state index in [-0.39, 0.29) is 5.69 Å². The van der Waals surface area contributed by atoms with Gasteiger partial charge in [0, 0.05) is 13.6 Å². The van der Waals surface area contributed by atoms with Crippen LogP contribution in [0.1, 0.15) is 10.5 Å². The van der Waals surface area contributed by atoms with Crippen molar-refractivity contribution in [3.63, 3.8) is 0 Å². The Balaban J connectivity index is 2.80. The fourth-order valence-corrected chi connectivity index (χ4v) is 1.02. The zero-order valence-electron chi connectivity index (χ0n) is 8.80. The fraction of sp³-hybridized carbons (Fsp3) is 0.300. The highest BCUT2D eigenvalue weighted by Gasteiger charge is 2.08. The van der Waals surface area contributed by atoms with E-state index in [1.54, 1.807) is 6.08 Å². The molecule has 0 unspecified atom stereocenters. The Bertz CT molecular complexity index is 348. The summed E-state index contributed by atoms with van der Waals surface area (Å²) in [5.74, 6) is 0.197. The summed E-state index contributed by atoms with van der Waals surface area (Å²) in [5, 5.41) is 0. The van der Waals surface area contributed by atoms with Crippen molar-refractivity contribution in [2.24, 2.45) is 0 Å². The molecule has 0 saturated heterocycles. The van der Waals surface area contributed by atoms with Crippen LogP contribution in [0.25, 0.3) is 0 Å². The zero-order valence-corrected chi connectivity index (χ0v) is 8.80. The molecule has 80 valence electrons. The van der Waals surface area contributed by atoms with Gasteiger partial charge in [-0.25, -0.2) is 14.8 Å². The van der Waals surface area contributed by atoms with Crippen molar-refractivity contribution in [2.45, 2.75) is 0 Å². The molecule has 0 bridgehead atoms. The molecule has 0 aliphatic heterocycles. The highest BCUT2D eigenvalue weighted by Crippen LogP contribution is 2.06. The molecule has 0 aliphatic rings. The van der Waals surface area contributed by atoms with Gasteiger partial charge < -0.3 is 9.64 Å². The summed E-state index contributed by atoms with van der Waals surface area (Å²) in [7, 11) is 3.17. The summed E-state index contributed by atoms with van der Waals surface area (Å²) in [4.78, 5) is 20.9. The summed E-state index contributed by atoms with van der Waals surface area (Å²) in [5.41, 5.74) is 0.202. The molecule has 0 aromatic carbocycles. The summed E-state index contributed by atoms with van der Waals surface area (Å²) in [6.45, 7) is 4.29. The molecule has 0 saturated carbocycles. The Kier molecular flexibility index (Phi) is 3.79. The summed E-state index contributed by atoms with van der Waals surface area (Å²) >= 11 is 0. The number of rotatable bonds is 4. The van der Waals surface area contributed by atoms with Gasteiger partial charge in [-0.15, -0.1) is 6.58 Å². The first-order valence-electron chi connectivity index (χ1n) is 4.41. The Hall–Kier alpha value is -1.91. The lowest BCUT2D eigenvalue weighted by atomic mass is 10.4. The molecule has 0 spiro atoms. The van der Waals surface area contributed by atoms with E-state index in [0.29, 0.717) is 12.4 Å². The molecule has 0 N–H and O–H groups in total. The van der Waals surface area contributed by atoms with Crippen molar-refractivity contribution in [3.8, 4) is 0 Å². The van der Waals surface area contributed by atoms with E-state index in [9.17, 15) is 4.79 Å². The van der Waals surface area contributed by atoms with Gasteiger partial charge in [-0.1, -0.05) is 6.08 Å². The molecule has 0 atom stereocenters. The molecule has 1 aromatic heterocycles. The highest BCUT2D eigenvalue weighted by atomic mass is 16.5. The van der Waals surface area contributed by atoms with Crippen molar-refractivity contribution < 1.29 is 9.53 Å². The second-order valence-electron chi connectivity index (χ2n) is 2.92. The zero-order chi connectivity index (χ0) is 11.3. The smallest absolute Gasteiger partial charge is 0.358 e. The van der Waals surface area contributed by atoms with Crippen LogP contribution in [0.5, 0.6) is 0 Å². The average Bonchev–Trinajstić information content (AvgIpc) is 2.28. The van der Waals surface area contributed by atoms with Gasteiger partial charge in [0.25, 0.3) is 0 Å². The minimum Gasteiger partial charge on any atom is -0.464 e. The molecule has 15 heavy (non-hydrogen) atoms. The molecule has 0 radical (unpaired) electrons. The first kappa shape index (κ1) is 11.2. The predicted octanol–water partition coefficient (Wildman–Crippen LogP) is 0.885. The number of carbonyl (C=O) groups is 1. The third-order valence-corrected chi connectivity index (χ3v) is 1.83. The minimum absolute atomic E-state index is 0.202. The maximum absolute atomic E-state index is 11.1. The first-order valence-corrected chi connectivity index (χ1v) is 4.41. The number of carbonyl (C=O) groups excluding carboxylic acids is 1. The lowest BCUT2D eigenvalue weighted by Crippen LogP contribution is -2.18. The van der Waals surface area contributed by atoms with Gasteiger partial charge in [-0.3, -0.25) is 0 Å². The number of hydrogen-bond acceptors (Lipinski definition) is 5. The van der Waals surface area contributed by atoms with Gasteiger partial charge in [-0.2, -0.15) is 0 Å². The maximum atomic E-state index is 11.1. The van der Waals surface area contributed by atoms with Crippen LogP contribution in [0.3, 0.4) is 0 Å². The van der Waals surface area contributed by atoms with E-state index >= 15 is 0 Å². The number of ether oxygens (including phenoxy) is 1. The number of methoxy groups -OCH3 is 1. The predicted molar refractivity (Wildman–Crippen MR) is 56.8 cm³/mol. The van der Waals surface area contributed by atoms with Crippen LogP contribution < -0.4 is 4.90 Å². The van der Waals surface area contributed by atoms with Crippen LogP contribution in [0.4, 0.5) is 5.82 Å². The monoisotopic (exact) mass is 207 g/mol. The average molecular weight is 207 g/mol. The Morgan fingerprint density at radius 2 is 2.33 bits per heavy atom. The molecule has 1 aromatic rings. The number of hydrogen-bond donors (Lipinski definition) is 0. The number of nitrogens with zero attached hydrogens (tertiary/aromatic N) is 3. The molecule has 0 aliphatic carbocycles. The molecule has 5 heteroatoms. The lowest BCUT2D eigenvalue weighted by molar-refractivity contribution is 0.0593. The van der Waals surface area contributed by atoms with E-state index in [4.69, 9.17) is 0 Å². The molecular weight excluding hydrogens is 194 g/mol. The third-order valence-electron chi connectivity index (χ3n) is 1.83. The van der Waals surface area contributed by atoms with Gasteiger partial charge in [0.2, 0.25) is 0 Å². The van der Waals surface area contributed by atoms with Crippen molar-refractivity contribution >= 4 is 11.8 Å². The lowest BCUT2D eigenvalue weighted by Gasteiger charge is -2.14. The van der Waals surface area contributed by atoms with Crippen LogP contribution in [0.2, 0.25) is 0 Å². The second-order valence-corrected chi connectivity index (χ2v) is 2.92. The van der Waals surface area contributed by atoms with Crippen LogP contribution in [-0.2, 0) is 4.74 Å². The Morgan fingerprint density at radius 1 is 1.60 bits per heavy atom. The first-order chi connectivity index (χ1) is 7.19. The standard InChI is InChI=1S/C10H13N3O2/c1-4-5-13(2)9-7-11-8(6-12-9)10(14)15-3/h4,6-7H,1,5H2,2-3H3. The van der Waals surface area contributed by atoms with Crippen LogP contribution >= 0.6 is 0 Å². The number of esters is 1. The number of anilines is 1. The van der Waals surface area contributed by atoms with Gasteiger partial charge in [-0.05, 0) is 0 Å². The van der Waals surface area contributed by atoms with E-state index in [1.807, 2.05) is 11.9 Å². The number of aromatic nitrogens is 2. The van der Waals surface area contributed by atoms with E-state index in [1.165, 1.54) is 19.5 Å². The van der Waals surface area contributed by atoms with E-state index in [2.05, 4.69) is 21.3 Å². The second kappa shape index (κ2) is 5.09. The van der Waals surface area contributed by atoms with Gasteiger partial charge in [0.05, 0.1) is 19.5 Å². The Morgan fingerprint density at radius 3 is 2.80 bits per heavy atom. The van der Waals surface area contributed by atoms with Crippen molar-refractivity contribution in [3.05, 3.63) is 30.7 Å². The Labute approximate surface area is 88.4 Å². The minimum atomic E-state index is -0.486. The molecule has 0 amide bonds. The normalized spacial score (nSPS) is 9.47. The molecular formula is C10H13N3O2. The summed E-state index contributed by atoms with van der Waals surface area (Å²) in [6.07, 6.45) is 4.67. The molecule has 5 nitrogen and oxygen atoms in total. The quantitative estimate of drug-likeness (QED) is 0.542. The van der Waals surface area contributed by atoms with E-state index in [0.717, 1.165) is 0 Å². The summed E-state index contributed by atoms with van der Waals surface area (Å²) < 4.78 is 4.51. The van der Waals surface area contributed by atoms with Crippen LogP contribution in [0, 0.1) is 0 Å². The summed E-state index contributed by atoms with van der Waals surface area (Å²) in [6, 6.07) is 0. The topological polar surface area (TPSA) is 55.3 Å². The third kappa shape index (κ3) is 2.77. The van der Waals surface area contributed by atoms with E-state index < -0.39 is 5.97 Å². The van der Waals surface area contributed by atoms with Crippen LogP contribution in [-0.4, -0.2) is 36.6 Å². The highest BCUT2D eigenvalue weighted by molar-refractivity contribution is 5.86. The fourth-order valence-electron chi connectivity index (χ4n) is 1.02. The number of likely N-dealkylation sites (N-methyl/N-ethyl adjacent to an activating group) is 1. The molecule has 1 rings (SSSR count). The van der Waals surface area contributed by atoms with Crippen molar-refractivity contribution in [1.82, 2.24) is 9.97 Å². The van der Waals surface area contributed by atoms with Gasteiger partial charge >= 0.3 is 5.97 Å². The maximum Gasteiger partial charge on any atom is 0.358 e.